The van der Waals surface area contributed by atoms with E-state index < -0.39 is 0 Å². The van der Waals surface area contributed by atoms with Gasteiger partial charge in [0.05, 0.1) is 18.4 Å². The maximum absolute atomic E-state index is 13.0. The Balaban J connectivity index is 1.46. The van der Waals surface area contributed by atoms with Gasteiger partial charge in [-0.25, -0.2) is 9.97 Å². The second kappa shape index (κ2) is 8.68. The van der Waals surface area contributed by atoms with Gasteiger partial charge in [-0.1, -0.05) is 12.1 Å². The van der Waals surface area contributed by atoms with Gasteiger partial charge in [0, 0.05) is 50.3 Å². The number of para-hydroxylation sites is 1. The standard InChI is InChI=1S/C22H23N5O2/c1-29-20-7-3-2-6-18(20)19-9-8-17(16-25-19)21(28)26-12-5-13-27(15-14-26)22-23-10-4-11-24-22/h2-4,6-11,16H,5,12-15H2,1H3. The van der Waals surface area contributed by atoms with Crippen LogP contribution in [-0.4, -0.2) is 59.0 Å². The maximum atomic E-state index is 13.0. The van der Waals surface area contributed by atoms with Crippen LogP contribution in [0, 0.1) is 0 Å². The van der Waals surface area contributed by atoms with Crippen molar-refractivity contribution < 1.29 is 9.53 Å². The minimum absolute atomic E-state index is 0.0000864. The Hall–Kier alpha value is -3.48. The average molecular weight is 389 g/mol. The first-order valence-electron chi connectivity index (χ1n) is 9.67. The summed E-state index contributed by atoms with van der Waals surface area (Å²) in [6.45, 7) is 2.88. The van der Waals surface area contributed by atoms with Crippen molar-refractivity contribution in [2.45, 2.75) is 6.42 Å². The molecule has 148 valence electrons. The molecule has 0 spiro atoms. The number of benzene rings is 1. The predicted octanol–water partition coefficient (Wildman–Crippen LogP) is 2.90. The Bertz CT molecular complexity index is 962. The fraction of sp³-hybridized carbons (Fsp3) is 0.273. The van der Waals surface area contributed by atoms with Crippen molar-refractivity contribution in [1.29, 1.82) is 0 Å². The number of aromatic nitrogens is 3. The Labute approximate surface area is 170 Å². The van der Waals surface area contributed by atoms with Crippen LogP contribution in [-0.2, 0) is 0 Å². The molecule has 1 aromatic carbocycles. The van der Waals surface area contributed by atoms with E-state index in [1.807, 2.05) is 41.3 Å². The van der Waals surface area contributed by atoms with Gasteiger partial charge in [0.15, 0.2) is 0 Å². The number of carbonyl (C=O) groups is 1. The molecular formula is C22H23N5O2. The first kappa shape index (κ1) is 18.9. The van der Waals surface area contributed by atoms with Crippen LogP contribution in [0.3, 0.4) is 0 Å². The number of ether oxygens (including phenoxy) is 1. The van der Waals surface area contributed by atoms with E-state index in [0.717, 1.165) is 30.0 Å². The summed E-state index contributed by atoms with van der Waals surface area (Å²) in [6, 6.07) is 13.2. The lowest BCUT2D eigenvalue weighted by molar-refractivity contribution is 0.0766. The van der Waals surface area contributed by atoms with Crippen LogP contribution in [0.25, 0.3) is 11.3 Å². The molecule has 3 heterocycles. The Kier molecular flexibility index (Phi) is 5.65. The van der Waals surface area contributed by atoms with Crippen molar-refractivity contribution >= 4 is 11.9 Å². The largest absolute Gasteiger partial charge is 0.496 e. The van der Waals surface area contributed by atoms with Crippen molar-refractivity contribution in [2.75, 3.05) is 38.2 Å². The van der Waals surface area contributed by atoms with Crippen molar-refractivity contribution in [3.8, 4) is 17.0 Å². The van der Waals surface area contributed by atoms with E-state index in [4.69, 9.17) is 4.74 Å². The Morgan fingerprint density at radius 2 is 1.76 bits per heavy atom. The molecular weight excluding hydrogens is 366 g/mol. The molecule has 1 aliphatic rings. The summed E-state index contributed by atoms with van der Waals surface area (Å²) in [6.07, 6.45) is 6.00. The molecule has 2 aromatic heterocycles. The Morgan fingerprint density at radius 3 is 2.52 bits per heavy atom. The highest BCUT2D eigenvalue weighted by Crippen LogP contribution is 2.28. The summed E-state index contributed by atoms with van der Waals surface area (Å²) in [5, 5.41) is 0. The number of hydrogen-bond acceptors (Lipinski definition) is 6. The first-order chi connectivity index (χ1) is 14.3. The molecule has 0 N–H and O–H groups in total. The molecule has 1 aliphatic heterocycles. The molecule has 7 nitrogen and oxygen atoms in total. The number of pyridine rings is 1. The molecule has 0 atom stereocenters. The minimum atomic E-state index is -0.0000864. The molecule has 3 aromatic rings. The number of hydrogen-bond donors (Lipinski definition) is 0. The van der Waals surface area contributed by atoms with Crippen LogP contribution in [0.15, 0.2) is 61.1 Å². The summed E-state index contributed by atoms with van der Waals surface area (Å²) in [5.41, 5.74) is 2.28. The molecule has 0 unspecified atom stereocenters. The van der Waals surface area contributed by atoms with Crippen LogP contribution < -0.4 is 9.64 Å². The molecule has 29 heavy (non-hydrogen) atoms. The quantitative estimate of drug-likeness (QED) is 0.683. The third kappa shape index (κ3) is 4.18. The van der Waals surface area contributed by atoms with Gasteiger partial charge in [0.25, 0.3) is 5.91 Å². The van der Waals surface area contributed by atoms with Crippen LogP contribution in [0.1, 0.15) is 16.8 Å². The molecule has 1 amide bonds. The highest BCUT2D eigenvalue weighted by Gasteiger charge is 2.21. The summed E-state index contributed by atoms with van der Waals surface area (Å²) >= 11 is 0. The number of methoxy groups -OCH3 is 1. The first-order valence-corrected chi connectivity index (χ1v) is 9.67. The molecule has 4 rings (SSSR count). The van der Waals surface area contributed by atoms with Crippen molar-refractivity contribution in [3.05, 3.63) is 66.6 Å². The zero-order valence-corrected chi connectivity index (χ0v) is 16.4. The average Bonchev–Trinajstić information content (AvgIpc) is 3.06. The van der Waals surface area contributed by atoms with Crippen LogP contribution in [0.2, 0.25) is 0 Å². The van der Waals surface area contributed by atoms with Crippen LogP contribution >= 0.6 is 0 Å². The molecule has 1 saturated heterocycles. The molecule has 7 heteroatoms. The van der Waals surface area contributed by atoms with E-state index in [2.05, 4.69) is 19.9 Å². The smallest absolute Gasteiger partial charge is 0.255 e. The Morgan fingerprint density at radius 1 is 0.931 bits per heavy atom. The van der Waals surface area contributed by atoms with Gasteiger partial charge in [-0.2, -0.15) is 0 Å². The minimum Gasteiger partial charge on any atom is -0.496 e. The second-order valence-corrected chi connectivity index (χ2v) is 6.81. The van der Waals surface area contributed by atoms with Crippen molar-refractivity contribution in [3.63, 3.8) is 0 Å². The molecule has 0 saturated carbocycles. The van der Waals surface area contributed by atoms with Gasteiger partial charge in [-0.3, -0.25) is 9.78 Å². The van der Waals surface area contributed by atoms with Crippen LogP contribution in [0.5, 0.6) is 5.75 Å². The predicted molar refractivity (Wildman–Crippen MR) is 111 cm³/mol. The van der Waals surface area contributed by atoms with Crippen molar-refractivity contribution in [1.82, 2.24) is 19.9 Å². The van der Waals surface area contributed by atoms with Gasteiger partial charge in [-0.05, 0) is 36.8 Å². The lowest BCUT2D eigenvalue weighted by Crippen LogP contribution is -2.35. The summed E-state index contributed by atoms with van der Waals surface area (Å²) < 4.78 is 5.40. The number of carbonyl (C=O) groups excluding carboxylic acids is 1. The van der Waals surface area contributed by atoms with E-state index >= 15 is 0 Å². The van der Waals surface area contributed by atoms with Gasteiger partial charge < -0.3 is 14.5 Å². The zero-order chi connectivity index (χ0) is 20.1. The monoisotopic (exact) mass is 389 g/mol. The number of amides is 1. The highest BCUT2D eigenvalue weighted by atomic mass is 16.5. The number of rotatable bonds is 4. The van der Waals surface area contributed by atoms with E-state index in [1.54, 1.807) is 31.8 Å². The molecule has 1 fully saturated rings. The zero-order valence-electron chi connectivity index (χ0n) is 16.4. The lowest BCUT2D eigenvalue weighted by Gasteiger charge is -2.22. The summed E-state index contributed by atoms with van der Waals surface area (Å²) in [7, 11) is 1.64. The van der Waals surface area contributed by atoms with Gasteiger partial charge in [-0.15, -0.1) is 0 Å². The molecule has 0 aliphatic carbocycles. The van der Waals surface area contributed by atoms with E-state index in [-0.39, 0.29) is 5.91 Å². The fourth-order valence-electron chi connectivity index (χ4n) is 3.49. The SMILES string of the molecule is COc1ccccc1-c1ccc(C(=O)N2CCCN(c3ncccn3)CC2)cn1. The maximum Gasteiger partial charge on any atom is 0.255 e. The normalized spacial score (nSPS) is 14.4. The molecule has 0 bridgehead atoms. The third-order valence-corrected chi connectivity index (χ3v) is 5.01. The van der Waals surface area contributed by atoms with Gasteiger partial charge in [0.2, 0.25) is 5.95 Å². The van der Waals surface area contributed by atoms with Gasteiger partial charge in [0.1, 0.15) is 5.75 Å². The lowest BCUT2D eigenvalue weighted by atomic mass is 10.1. The number of anilines is 1. The molecule has 0 radical (unpaired) electrons. The van der Waals surface area contributed by atoms with E-state index in [9.17, 15) is 4.79 Å². The van der Waals surface area contributed by atoms with E-state index in [0.29, 0.717) is 31.1 Å². The second-order valence-electron chi connectivity index (χ2n) is 6.81. The topological polar surface area (TPSA) is 71.5 Å². The fourth-order valence-corrected chi connectivity index (χ4v) is 3.49. The number of nitrogens with zero attached hydrogens (tertiary/aromatic N) is 5. The summed E-state index contributed by atoms with van der Waals surface area (Å²) in [4.78, 5) is 30.1. The van der Waals surface area contributed by atoms with Gasteiger partial charge >= 0.3 is 0 Å². The van der Waals surface area contributed by atoms with E-state index in [1.165, 1.54) is 0 Å². The van der Waals surface area contributed by atoms with Crippen molar-refractivity contribution in [2.24, 2.45) is 0 Å². The highest BCUT2D eigenvalue weighted by molar-refractivity contribution is 5.94. The third-order valence-electron chi connectivity index (χ3n) is 5.01. The van der Waals surface area contributed by atoms with Crippen LogP contribution in [0.4, 0.5) is 5.95 Å². The summed E-state index contributed by atoms with van der Waals surface area (Å²) in [5.74, 6) is 1.47.